The molecule has 1 saturated carbocycles. The van der Waals surface area contributed by atoms with Crippen molar-refractivity contribution >= 4 is 34.8 Å². The van der Waals surface area contributed by atoms with E-state index in [0.717, 1.165) is 12.8 Å². The lowest BCUT2D eigenvalue weighted by Gasteiger charge is -2.39. The molecule has 1 amide bonds. The van der Waals surface area contributed by atoms with Gasteiger partial charge in [0.15, 0.2) is 11.0 Å². The molecule has 3 aliphatic rings. The van der Waals surface area contributed by atoms with Crippen LogP contribution in [-0.2, 0) is 10.3 Å². The minimum atomic E-state index is -1.28. The normalized spacial score (nSPS) is 30.7. The third-order valence-corrected chi connectivity index (χ3v) is 7.17. The molecule has 1 saturated heterocycles. The topological polar surface area (TPSA) is 91.5 Å². The summed E-state index contributed by atoms with van der Waals surface area (Å²) in [6, 6.07) is 5.48. The van der Waals surface area contributed by atoms with Gasteiger partial charge < -0.3 is 16.2 Å². The molecule has 1 spiro atoms. The van der Waals surface area contributed by atoms with Gasteiger partial charge in [-0.05, 0) is 42.5 Å². The monoisotopic (exact) mass is 450 g/mol. The number of benzene rings is 1. The Hall–Kier alpha value is -1.77. The first-order valence-corrected chi connectivity index (χ1v) is 10.7. The lowest BCUT2D eigenvalue weighted by molar-refractivity contribution is -0.128. The number of nitrogens with one attached hydrogen (secondary N) is 1. The molecule has 2 aliphatic heterocycles. The largest absolute Gasteiger partial charge is 0.395 e. The second-order valence-corrected chi connectivity index (χ2v) is 9.11. The SMILES string of the molecule is N[C@@H]1[C@H](CO)N(CC2CC2)[C@@]2(C(=O)Nc3cc(Cl)ccc32)[C@H]1c1ccnc(Cl)c1F. The second kappa shape index (κ2) is 7.14. The van der Waals surface area contributed by atoms with Crippen molar-refractivity contribution in [3.63, 3.8) is 0 Å². The van der Waals surface area contributed by atoms with Crippen molar-refractivity contribution in [3.8, 4) is 0 Å². The maximum Gasteiger partial charge on any atom is 0.250 e. The van der Waals surface area contributed by atoms with Gasteiger partial charge in [-0.1, -0.05) is 29.3 Å². The van der Waals surface area contributed by atoms with Crippen LogP contribution < -0.4 is 11.1 Å². The Balaban J connectivity index is 1.78. The van der Waals surface area contributed by atoms with Gasteiger partial charge in [0.2, 0.25) is 5.91 Å². The molecule has 9 heteroatoms. The van der Waals surface area contributed by atoms with E-state index in [1.54, 1.807) is 18.2 Å². The number of aliphatic hydroxyl groups is 1. The predicted octanol–water partition coefficient (Wildman–Crippen LogP) is 2.87. The van der Waals surface area contributed by atoms with Crippen molar-refractivity contribution in [3.05, 3.63) is 57.6 Å². The van der Waals surface area contributed by atoms with Gasteiger partial charge in [-0.2, -0.15) is 0 Å². The maximum absolute atomic E-state index is 15.2. The van der Waals surface area contributed by atoms with Crippen LogP contribution in [0.4, 0.5) is 10.1 Å². The highest BCUT2D eigenvalue weighted by atomic mass is 35.5. The van der Waals surface area contributed by atoms with E-state index in [4.69, 9.17) is 28.9 Å². The molecular formula is C21H21Cl2FN4O2. The fourth-order valence-electron chi connectivity index (χ4n) is 5.22. The van der Waals surface area contributed by atoms with E-state index in [1.807, 2.05) is 4.90 Å². The summed E-state index contributed by atoms with van der Waals surface area (Å²) in [5.41, 5.74) is 6.84. The quantitative estimate of drug-likeness (QED) is 0.622. The minimum absolute atomic E-state index is 0.220. The van der Waals surface area contributed by atoms with Gasteiger partial charge in [-0.15, -0.1) is 0 Å². The van der Waals surface area contributed by atoms with Crippen molar-refractivity contribution in [2.45, 2.75) is 36.4 Å². The smallest absolute Gasteiger partial charge is 0.250 e. The summed E-state index contributed by atoms with van der Waals surface area (Å²) >= 11 is 12.2. The van der Waals surface area contributed by atoms with E-state index in [-0.39, 0.29) is 23.2 Å². The maximum atomic E-state index is 15.2. The average Bonchev–Trinajstić information content (AvgIpc) is 3.43. The molecular weight excluding hydrogens is 430 g/mol. The average molecular weight is 451 g/mol. The lowest BCUT2D eigenvalue weighted by Crippen LogP contribution is -2.53. The number of anilines is 1. The first-order valence-electron chi connectivity index (χ1n) is 9.94. The Morgan fingerprint density at radius 2 is 2.10 bits per heavy atom. The Morgan fingerprint density at radius 1 is 1.33 bits per heavy atom. The third-order valence-electron chi connectivity index (χ3n) is 6.67. The Bertz CT molecular complexity index is 1030. The van der Waals surface area contributed by atoms with Gasteiger partial charge >= 0.3 is 0 Å². The zero-order valence-corrected chi connectivity index (χ0v) is 17.5. The summed E-state index contributed by atoms with van der Waals surface area (Å²) in [5, 5.41) is 13.4. The summed E-state index contributed by atoms with van der Waals surface area (Å²) in [4.78, 5) is 19.4. The molecule has 3 heterocycles. The van der Waals surface area contributed by atoms with Gasteiger partial charge in [0.1, 0.15) is 5.54 Å². The van der Waals surface area contributed by atoms with Gasteiger partial charge in [0.05, 0.1) is 6.61 Å². The van der Waals surface area contributed by atoms with Crippen molar-refractivity contribution in [1.82, 2.24) is 9.88 Å². The van der Waals surface area contributed by atoms with E-state index in [0.29, 0.717) is 28.7 Å². The third kappa shape index (κ3) is 2.73. The summed E-state index contributed by atoms with van der Waals surface area (Å²) in [5.74, 6) is -1.35. The van der Waals surface area contributed by atoms with Crippen LogP contribution in [0, 0.1) is 11.7 Å². The van der Waals surface area contributed by atoms with Gasteiger partial charge in [-0.25, -0.2) is 9.37 Å². The Kier molecular flexibility index (Phi) is 4.79. The van der Waals surface area contributed by atoms with Crippen LogP contribution in [0.2, 0.25) is 10.2 Å². The summed E-state index contributed by atoms with van der Waals surface area (Å²) in [7, 11) is 0. The number of aromatic nitrogens is 1. The molecule has 4 atom stereocenters. The predicted molar refractivity (Wildman–Crippen MR) is 112 cm³/mol. The van der Waals surface area contributed by atoms with Gasteiger partial charge in [-0.3, -0.25) is 9.69 Å². The molecule has 1 aromatic heterocycles. The zero-order chi connectivity index (χ0) is 21.2. The molecule has 1 aliphatic carbocycles. The number of nitrogens with zero attached hydrogens (tertiary/aromatic N) is 2. The van der Waals surface area contributed by atoms with Gasteiger partial charge in [0.25, 0.3) is 0 Å². The molecule has 0 radical (unpaired) electrons. The highest BCUT2D eigenvalue weighted by molar-refractivity contribution is 6.31. The first-order chi connectivity index (χ1) is 14.4. The van der Waals surface area contributed by atoms with E-state index in [1.165, 1.54) is 12.3 Å². The summed E-state index contributed by atoms with van der Waals surface area (Å²) < 4.78 is 15.2. The number of hydrogen-bond acceptors (Lipinski definition) is 5. The van der Waals surface area contributed by atoms with Crippen LogP contribution >= 0.6 is 23.2 Å². The molecule has 6 nitrogen and oxygen atoms in total. The number of nitrogens with two attached hydrogens (primary N) is 1. The molecule has 4 N–H and O–H groups in total. The molecule has 1 aromatic carbocycles. The second-order valence-electron chi connectivity index (χ2n) is 8.32. The van der Waals surface area contributed by atoms with Crippen LogP contribution in [0.3, 0.4) is 0 Å². The van der Waals surface area contributed by atoms with Crippen LogP contribution in [0.5, 0.6) is 0 Å². The van der Waals surface area contributed by atoms with Crippen LogP contribution in [0.15, 0.2) is 30.5 Å². The highest BCUT2D eigenvalue weighted by Crippen LogP contribution is 2.58. The molecule has 30 heavy (non-hydrogen) atoms. The van der Waals surface area contributed by atoms with Gasteiger partial charge in [0, 0.05) is 47.0 Å². The fourth-order valence-corrected chi connectivity index (χ4v) is 5.56. The zero-order valence-electron chi connectivity index (χ0n) is 16.0. The molecule has 5 rings (SSSR count). The number of aliphatic hydroxyl groups excluding tert-OH is 1. The molecule has 2 aromatic rings. The summed E-state index contributed by atoms with van der Waals surface area (Å²) in [6.45, 7) is 0.341. The molecule has 2 fully saturated rings. The van der Waals surface area contributed by atoms with E-state index in [2.05, 4.69) is 10.3 Å². The van der Waals surface area contributed by atoms with E-state index in [9.17, 15) is 9.90 Å². The van der Waals surface area contributed by atoms with Crippen molar-refractivity contribution < 1.29 is 14.3 Å². The molecule has 0 bridgehead atoms. The van der Waals surface area contributed by atoms with Crippen molar-refractivity contribution in [2.75, 3.05) is 18.5 Å². The van der Waals surface area contributed by atoms with Crippen LogP contribution in [0.25, 0.3) is 0 Å². The number of carbonyl (C=O) groups excluding carboxylic acids is 1. The number of pyridine rings is 1. The first kappa shape index (κ1) is 20.2. The number of hydrogen-bond donors (Lipinski definition) is 3. The van der Waals surface area contributed by atoms with Crippen LogP contribution in [0.1, 0.15) is 29.9 Å². The fraction of sp³-hybridized carbons (Fsp3) is 0.429. The Labute approximate surface area is 183 Å². The lowest BCUT2D eigenvalue weighted by atomic mass is 9.74. The standard InChI is InChI=1S/C21H21Cl2FN4O2/c22-11-3-4-13-14(7-11)27-20(30)21(13)16(12-5-6-26-19(23)17(12)24)18(25)15(9-29)28(21)8-10-1-2-10/h3-7,10,15-16,18,29H,1-2,8-9,25H2,(H,27,30)/t15-,16-,18+,21+/m0/s1. The van der Waals surface area contributed by atoms with E-state index < -0.39 is 29.4 Å². The number of fused-ring (bicyclic) bond motifs is 2. The van der Waals surface area contributed by atoms with Crippen molar-refractivity contribution in [2.24, 2.45) is 11.7 Å². The Morgan fingerprint density at radius 3 is 2.80 bits per heavy atom. The minimum Gasteiger partial charge on any atom is -0.395 e. The number of likely N-dealkylation sites (tertiary alicyclic amines) is 1. The van der Waals surface area contributed by atoms with Crippen LogP contribution in [-0.4, -0.2) is 46.1 Å². The van der Waals surface area contributed by atoms with E-state index >= 15 is 4.39 Å². The number of carbonyl (C=O) groups is 1. The van der Waals surface area contributed by atoms with Crippen molar-refractivity contribution in [1.29, 1.82) is 0 Å². The number of halogens is 3. The highest BCUT2D eigenvalue weighted by Gasteiger charge is 2.66. The molecule has 158 valence electrons. The molecule has 0 unspecified atom stereocenters. The number of amides is 1. The number of rotatable bonds is 4. The summed E-state index contributed by atoms with van der Waals surface area (Å²) in [6.07, 6.45) is 3.51.